The fraction of sp³-hybridized carbons (Fsp3) is 0.241. The Morgan fingerprint density at radius 2 is 1.78 bits per heavy atom. The zero-order valence-corrected chi connectivity index (χ0v) is 21.4. The molecule has 1 amide bonds. The summed E-state index contributed by atoms with van der Waals surface area (Å²) in [7, 11) is 2.00. The molecule has 5 rings (SSSR count). The molecule has 190 valence electrons. The van der Waals surface area contributed by atoms with Crippen LogP contribution in [0.4, 0.5) is 5.69 Å². The zero-order valence-electron chi connectivity index (χ0n) is 20.7. The van der Waals surface area contributed by atoms with Crippen molar-refractivity contribution in [1.29, 1.82) is 0 Å². The minimum absolute atomic E-state index is 0.0748. The van der Waals surface area contributed by atoms with Gasteiger partial charge in [0.1, 0.15) is 12.2 Å². The molecule has 2 heterocycles. The summed E-state index contributed by atoms with van der Waals surface area (Å²) >= 11 is 5.97. The van der Waals surface area contributed by atoms with Gasteiger partial charge in [-0.25, -0.2) is 0 Å². The average Bonchev–Trinajstić information content (AvgIpc) is 2.91. The fourth-order valence-corrected chi connectivity index (χ4v) is 4.90. The third-order valence-corrected chi connectivity index (χ3v) is 6.91. The number of rotatable bonds is 8. The number of carbonyl (C=O) groups is 1. The van der Waals surface area contributed by atoms with Crippen LogP contribution in [-0.4, -0.2) is 36.0 Å². The molecule has 0 unspecified atom stereocenters. The normalized spacial score (nSPS) is 12.7. The summed E-state index contributed by atoms with van der Waals surface area (Å²) in [6, 6.07) is 21.3. The first-order valence-electron chi connectivity index (χ1n) is 12.3. The Hall–Kier alpha value is -3.81. The molecule has 0 aliphatic carbocycles. The molecule has 0 saturated carbocycles. The van der Waals surface area contributed by atoms with Crippen LogP contribution < -0.4 is 20.7 Å². The van der Waals surface area contributed by atoms with Gasteiger partial charge in [-0.05, 0) is 53.8 Å². The minimum atomic E-state index is -0.425. The second-order valence-corrected chi connectivity index (χ2v) is 9.79. The predicted octanol–water partition coefficient (Wildman–Crippen LogP) is 4.06. The van der Waals surface area contributed by atoms with Gasteiger partial charge in [-0.1, -0.05) is 54.1 Å². The number of aromatic nitrogens is 1. The molecule has 0 saturated heterocycles. The third kappa shape index (κ3) is 5.19. The van der Waals surface area contributed by atoms with Crippen molar-refractivity contribution in [1.82, 2.24) is 9.99 Å². The van der Waals surface area contributed by atoms with Crippen LogP contribution in [0.1, 0.15) is 33.5 Å². The smallest absolute Gasteiger partial charge is 0.257 e. The fourth-order valence-electron chi connectivity index (χ4n) is 4.77. The number of halogens is 1. The van der Waals surface area contributed by atoms with Crippen LogP contribution >= 0.6 is 11.6 Å². The second-order valence-electron chi connectivity index (χ2n) is 9.35. The van der Waals surface area contributed by atoms with Crippen LogP contribution in [0.25, 0.3) is 10.9 Å². The van der Waals surface area contributed by atoms with Gasteiger partial charge in [0.2, 0.25) is 5.43 Å². The van der Waals surface area contributed by atoms with Crippen LogP contribution in [0.3, 0.4) is 0 Å². The van der Waals surface area contributed by atoms with E-state index in [2.05, 4.69) is 33.4 Å². The van der Waals surface area contributed by atoms with Gasteiger partial charge in [0.25, 0.3) is 5.91 Å². The molecule has 37 heavy (non-hydrogen) atoms. The van der Waals surface area contributed by atoms with Gasteiger partial charge in [0.05, 0.1) is 23.1 Å². The Kier molecular flexibility index (Phi) is 7.17. The van der Waals surface area contributed by atoms with Crippen LogP contribution in [0.5, 0.6) is 0 Å². The number of anilines is 1. The monoisotopic (exact) mass is 516 g/mol. The lowest BCUT2D eigenvalue weighted by molar-refractivity contribution is 0.0949. The largest absolute Gasteiger partial charge is 0.396 e. The Morgan fingerprint density at radius 1 is 1.03 bits per heavy atom. The van der Waals surface area contributed by atoms with Crippen molar-refractivity contribution >= 4 is 34.1 Å². The van der Waals surface area contributed by atoms with Crippen molar-refractivity contribution in [2.75, 3.05) is 30.2 Å². The van der Waals surface area contributed by atoms with Gasteiger partial charge in [-0.3, -0.25) is 19.3 Å². The average molecular weight is 517 g/mol. The minimum Gasteiger partial charge on any atom is -0.396 e. The van der Waals surface area contributed by atoms with E-state index in [4.69, 9.17) is 11.6 Å². The summed E-state index contributed by atoms with van der Waals surface area (Å²) in [6.07, 6.45) is 2.91. The van der Waals surface area contributed by atoms with Crippen LogP contribution in [-0.2, 0) is 19.5 Å². The van der Waals surface area contributed by atoms with Crippen LogP contribution in [0.2, 0.25) is 5.02 Å². The van der Waals surface area contributed by atoms with Gasteiger partial charge < -0.3 is 15.3 Å². The highest BCUT2D eigenvalue weighted by Crippen LogP contribution is 2.31. The Morgan fingerprint density at radius 3 is 2.51 bits per heavy atom. The SMILES string of the molecule is CN1CN(Cc2ccccc2)n2cc(C(=O)NCc3ccc(Cl)cc3)c(=O)c3cc(CCCO)cc1c32. The number of aryl methyl sites for hydroxylation is 1. The number of hydrogen-bond donors (Lipinski definition) is 2. The summed E-state index contributed by atoms with van der Waals surface area (Å²) in [5.41, 5.74) is 4.47. The molecule has 0 spiro atoms. The van der Waals surface area contributed by atoms with E-state index in [0.717, 1.165) is 27.9 Å². The van der Waals surface area contributed by atoms with Gasteiger partial charge in [0, 0.05) is 31.4 Å². The maximum absolute atomic E-state index is 13.7. The first-order chi connectivity index (χ1) is 17.9. The molecule has 3 aromatic carbocycles. The summed E-state index contributed by atoms with van der Waals surface area (Å²) < 4.78 is 1.95. The standard InChI is InChI=1S/C29H29ClN4O3/c1-32-19-33(17-21-6-3-2-4-7-21)34-18-25(29(37)31-16-20-9-11-23(30)12-10-20)28(36)24-14-22(8-5-13-35)15-26(32)27(24)34/h2-4,6-7,9-12,14-15,18,35H,5,8,13,16-17,19H2,1H3,(H,31,37). The maximum Gasteiger partial charge on any atom is 0.257 e. The molecule has 0 atom stereocenters. The Labute approximate surface area is 220 Å². The first-order valence-corrected chi connectivity index (χ1v) is 12.7. The van der Waals surface area contributed by atoms with Crippen LogP contribution in [0, 0.1) is 0 Å². The Balaban J connectivity index is 1.59. The molecular weight excluding hydrogens is 488 g/mol. The van der Waals surface area contributed by atoms with Gasteiger partial charge in [-0.2, -0.15) is 0 Å². The zero-order chi connectivity index (χ0) is 25.9. The number of amides is 1. The van der Waals surface area contributed by atoms with Crippen LogP contribution in [0.15, 0.2) is 77.7 Å². The number of aliphatic hydroxyl groups excluding tert-OH is 1. The maximum atomic E-state index is 13.7. The van der Waals surface area contributed by atoms with Gasteiger partial charge >= 0.3 is 0 Å². The summed E-state index contributed by atoms with van der Waals surface area (Å²) in [5.74, 6) is -0.425. The number of pyridine rings is 1. The van der Waals surface area contributed by atoms with E-state index >= 15 is 0 Å². The molecule has 4 aromatic rings. The van der Waals surface area contributed by atoms with Crippen molar-refractivity contribution in [3.05, 3.63) is 110 Å². The number of aliphatic hydroxyl groups is 1. The molecule has 1 aliphatic heterocycles. The third-order valence-electron chi connectivity index (χ3n) is 6.65. The van der Waals surface area contributed by atoms with Crippen molar-refractivity contribution in [2.45, 2.75) is 25.9 Å². The Bertz CT molecular complexity index is 1490. The first kappa shape index (κ1) is 24.9. The molecule has 0 fully saturated rings. The topological polar surface area (TPSA) is 77.8 Å². The molecule has 0 bridgehead atoms. The number of nitrogens with zero attached hydrogens (tertiary/aromatic N) is 3. The summed E-state index contributed by atoms with van der Waals surface area (Å²) in [4.78, 5) is 29.1. The highest BCUT2D eigenvalue weighted by Gasteiger charge is 2.26. The van der Waals surface area contributed by atoms with E-state index in [1.165, 1.54) is 0 Å². The lowest BCUT2D eigenvalue weighted by atomic mass is 10.0. The molecule has 1 aromatic heterocycles. The lowest BCUT2D eigenvalue weighted by Gasteiger charge is -2.39. The number of benzene rings is 3. The highest BCUT2D eigenvalue weighted by atomic mass is 35.5. The van der Waals surface area contributed by atoms with E-state index in [-0.39, 0.29) is 24.1 Å². The summed E-state index contributed by atoms with van der Waals surface area (Å²) in [6.45, 7) is 1.55. The van der Waals surface area contributed by atoms with Crippen molar-refractivity contribution < 1.29 is 9.90 Å². The molecular formula is C29H29ClN4O3. The van der Waals surface area contributed by atoms with Crippen molar-refractivity contribution in [2.24, 2.45) is 0 Å². The van der Waals surface area contributed by atoms with Crippen molar-refractivity contribution in [3.63, 3.8) is 0 Å². The highest BCUT2D eigenvalue weighted by molar-refractivity contribution is 6.30. The number of carbonyl (C=O) groups excluding carboxylic acids is 1. The molecule has 7 nitrogen and oxygen atoms in total. The molecule has 1 aliphatic rings. The van der Waals surface area contributed by atoms with Crippen molar-refractivity contribution in [3.8, 4) is 0 Å². The van der Waals surface area contributed by atoms with Gasteiger partial charge in [-0.15, -0.1) is 0 Å². The van der Waals surface area contributed by atoms with E-state index in [1.807, 2.05) is 48.1 Å². The summed E-state index contributed by atoms with van der Waals surface area (Å²) in [5, 5.41) is 15.5. The number of nitrogens with one attached hydrogen (secondary N) is 1. The predicted molar refractivity (Wildman–Crippen MR) is 148 cm³/mol. The van der Waals surface area contributed by atoms with Gasteiger partial charge in [0.15, 0.2) is 0 Å². The van der Waals surface area contributed by atoms with E-state index < -0.39 is 5.91 Å². The lowest BCUT2D eigenvalue weighted by Crippen LogP contribution is -2.47. The molecule has 0 radical (unpaired) electrons. The van der Waals surface area contributed by atoms with E-state index in [1.54, 1.807) is 18.3 Å². The molecule has 8 heteroatoms. The van der Waals surface area contributed by atoms with E-state index in [9.17, 15) is 14.7 Å². The quantitative estimate of drug-likeness (QED) is 0.369. The number of hydrogen-bond acceptors (Lipinski definition) is 5. The molecule has 2 N–H and O–H groups in total. The van der Waals surface area contributed by atoms with E-state index in [0.29, 0.717) is 36.5 Å². The second kappa shape index (κ2) is 10.7.